The molecule has 0 atom stereocenters. The summed E-state index contributed by atoms with van der Waals surface area (Å²) in [5.74, 6) is 0. The summed E-state index contributed by atoms with van der Waals surface area (Å²) in [6.45, 7) is 4.16. The molecule has 0 spiro atoms. The van der Waals surface area contributed by atoms with E-state index in [0.717, 1.165) is 16.7 Å². The van der Waals surface area contributed by atoms with E-state index < -0.39 is 5.54 Å². The lowest BCUT2D eigenvalue weighted by Crippen LogP contribution is -2.39. The zero-order chi connectivity index (χ0) is 16.4. The summed E-state index contributed by atoms with van der Waals surface area (Å²) in [5.41, 5.74) is 11.9. The van der Waals surface area contributed by atoms with Gasteiger partial charge < -0.3 is 5.73 Å². The lowest BCUT2D eigenvalue weighted by atomic mass is 9.77. The fourth-order valence-corrected chi connectivity index (χ4v) is 2.97. The van der Waals surface area contributed by atoms with Crippen LogP contribution in [0, 0.1) is 13.8 Å². The van der Waals surface area contributed by atoms with Crippen molar-refractivity contribution in [2.75, 3.05) is 0 Å². The molecule has 0 aromatic heterocycles. The standard InChI is InChI=1S/C21H20ClN/c1-15-3-7-17(8-4-15)21(23,18-9-5-16(2)6-10-18)19-11-13-20(22)14-12-19/h3-14H,23H2,1-2H3. The van der Waals surface area contributed by atoms with E-state index in [-0.39, 0.29) is 0 Å². The molecule has 0 heterocycles. The number of nitrogens with two attached hydrogens (primary N) is 1. The topological polar surface area (TPSA) is 26.0 Å². The van der Waals surface area contributed by atoms with Gasteiger partial charge in [0, 0.05) is 5.02 Å². The minimum Gasteiger partial charge on any atom is -0.314 e. The maximum Gasteiger partial charge on any atom is 0.0922 e. The van der Waals surface area contributed by atoms with E-state index in [0.29, 0.717) is 5.02 Å². The second-order valence-corrected chi connectivity index (χ2v) is 6.48. The van der Waals surface area contributed by atoms with Crippen molar-refractivity contribution in [3.05, 3.63) is 106 Å². The normalized spacial score (nSPS) is 11.5. The van der Waals surface area contributed by atoms with E-state index in [4.69, 9.17) is 17.3 Å². The predicted octanol–water partition coefficient (Wildman–Crippen LogP) is 5.21. The first-order valence-corrected chi connectivity index (χ1v) is 8.07. The van der Waals surface area contributed by atoms with Gasteiger partial charge in [0.05, 0.1) is 5.54 Å². The molecule has 116 valence electrons. The van der Waals surface area contributed by atoms with Crippen LogP contribution in [0.3, 0.4) is 0 Å². The SMILES string of the molecule is Cc1ccc(C(N)(c2ccc(C)cc2)c2ccc(Cl)cc2)cc1. The summed E-state index contributed by atoms with van der Waals surface area (Å²) >= 11 is 6.05. The molecule has 0 amide bonds. The van der Waals surface area contributed by atoms with Crippen molar-refractivity contribution in [2.45, 2.75) is 19.4 Å². The van der Waals surface area contributed by atoms with Gasteiger partial charge in [0.15, 0.2) is 0 Å². The zero-order valence-corrected chi connectivity index (χ0v) is 14.1. The van der Waals surface area contributed by atoms with Gasteiger partial charge in [0.25, 0.3) is 0 Å². The van der Waals surface area contributed by atoms with Crippen LogP contribution in [0.25, 0.3) is 0 Å². The first-order chi connectivity index (χ1) is 11.0. The van der Waals surface area contributed by atoms with Crippen LogP contribution in [-0.2, 0) is 5.54 Å². The molecule has 2 heteroatoms. The second-order valence-electron chi connectivity index (χ2n) is 6.05. The Morgan fingerprint density at radius 2 is 0.913 bits per heavy atom. The van der Waals surface area contributed by atoms with E-state index in [1.165, 1.54) is 11.1 Å². The third-order valence-electron chi connectivity index (χ3n) is 4.31. The van der Waals surface area contributed by atoms with Gasteiger partial charge in [-0.3, -0.25) is 0 Å². The first-order valence-electron chi connectivity index (χ1n) is 7.69. The minimum absolute atomic E-state index is 0.702. The Morgan fingerprint density at radius 1 is 0.609 bits per heavy atom. The second kappa shape index (κ2) is 6.19. The molecule has 0 aliphatic rings. The quantitative estimate of drug-likeness (QED) is 0.659. The highest BCUT2D eigenvalue weighted by atomic mass is 35.5. The molecule has 0 saturated carbocycles. The number of halogens is 1. The Kier molecular flexibility index (Phi) is 4.25. The molecule has 2 N–H and O–H groups in total. The van der Waals surface area contributed by atoms with Gasteiger partial charge in [0.1, 0.15) is 0 Å². The molecule has 3 aromatic rings. The first kappa shape index (κ1) is 15.8. The van der Waals surface area contributed by atoms with E-state index in [9.17, 15) is 0 Å². The molecule has 0 aliphatic heterocycles. The van der Waals surface area contributed by atoms with Crippen molar-refractivity contribution in [3.8, 4) is 0 Å². The van der Waals surface area contributed by atoms with E-state index >= 15 is 0 Å². The molecule has 3 rings (SSSR count). The monoisotopic (exact) mass is 321 g/mol. The van der Waals surface area contributed by atoms with Crippen molar-refractivity contribution in [1.82, 2.24) is 0 Å². The number of rotatable bonds is 3. The van der Waals surface area contributed by atoms with Gasteiger partial charge in [-0.15, -0.1) is 0 Å². The largest absolute Gasteiger partial charge is 0.314 e. The van der Waals surface area contributed by atoms with Crippen molar-refractivity contribution in [2.24, 2.45) is 5.73 Å². The maximum absolute atomic E-state index is 6.97. The summed E-state index contributed by atoms with van der Waals surface area (Å²) in [6.07, 6.45) is 0. The van der Waals surface area contributed by atoms with Crippen LogP contribution in [0.5, 0.6) is 0 Å². The Balaban J connectivity index is 2.21. The summed E-state index contributed by atoms with van der Waals surface area (Å²) in [5, 5.41) is 0.712. The summed E-state index contributed by atoms with van der Waals surface area (Å²) in [6, 6.07) is 24.6. The molecule has 0 unspecified atom stereocenters. The number of hydrogen-bond donors (Lipinski definition) is 1. The van der Waals surface area contributed by atoms with Gasteiger partial charge in [-0.05, 0) is 42.7 Å². The third kappa shape index (κ3) is 3.03. The van der Waals surface area contributed by atoms with Gasteiger partial charge in [-0.1, -0.05) is 83.4 Å². The molecular weight excluding hydrogens is 302 g/mol. The highest BCUT2D eigenvalue weighted by Gasteiger charge is 2.31. The molecule has 3 aromatic carbocycles. The van der Waals surface area contributed by atoms with Crippen LogP contribution in [0.15, 0.2) is 72.8 Å². The highest BCUT2D eigenvalue weighted by Crippen LogP contribution is 2.35. The average molecular weight is 322 g/mol. The lowest BCUT2D eigenvalue weighted by molar-refractivity contribution is 0.652. The Hall–Kier alpha value is -2.09. The highest BCUT2D eigenvalue weighted by molar-refractivity contribution is 6.30. The number of benzene rings is 3. The van der Waals surface area contributed by atoms with Crippen LogP contribution >= 0.6 is 11.6 Å². The molecule has 0 radical (unpaired) electrons. The van der Waals surface area contributed by atoms with Crippen LogP contribution < -0.4 is 5.73 Å². The van der Waals surface area contributed by atoms with E-state index in [1.54, 1.807) is 0 Å². The van der Waals surface area contributed by atoms with Crippen molar-refractivity contribution in [3.63, 3.8) is 0 Å². The smallest absolute Gasteiger partial charge is 0.0922 e. The minimum atomic E-state index is -0.702. The Morgan fingerprint density at radius 3 is 1.26 bits per heavy atom. The third-order valence-corrected chi connectivity index (χ3v) is 4.57. The molecular formula is C21H20ClN. The van der Waals surface area contributed by atoms with Gasteiger partial charge in [0.2, 0.25) is 0 Å². The summed E-state index contributed by atoms with van der Waals surface area (Å²) in [7, 11) is 0. The Bertz CT molecular complexity index is 676. The van der Waals surface area contributed by atoms with Crippen LogP contribution in [0.4, 0.5) is 0 Å². The molecule has 0 bridgehead atoms. The predicted molar refractivity (Wildman–Crippen MR) is 97.9 cm³/mol. The van der Waals surface area contributed by atoms with Crippen molar-refractivity contribution in [1.29, 1.82) is 0 Å². The zero-order valence-electron chi connectivity index (χ0n) is 13.4. The van der Waals surface area contributed by atoms with Crippen molar-refractivity contribution >= 4 is 11.6 Å². The summed E-state index contributed by atoms with van der Waals surface area (Å²) in [4.78, 5) is 0. The Labute approximate surface area is 142 Å². The fraction of sp³-hybridized carbons (Fsp3) is 0.143. The maximum atomic E-state index is 6.97. The molecule has 0 saturated heterocycles. The summed E-state index contributed by atoms with van der Waals surface area (Å²) < 4.78 is 0. The average Bonchev–Trinajstić information content (AvgIpc) is 2.56. The molecule has 23 heavy (non-hydrogen) atoms. The number of hydrogen-bond acceptors (Lipinski definition) is 1. The van der Waals surface area contributed by atoms with Crippen molar-refractivity contribution < 1.29 is 0 Å². The lowest BCUT2D eigenvalue weighted by Gasteiger charge is -2.32. The van der Waals surface area contributed by atoms with Gasteiger partial charge >= 0.3 is 0 Å². The van der Waals surface area contributed by atoms with E-state index in [1.807, 2.05) is 24.3 Å². The molecule has 1 nitrogen and oxygen atoms in total. The van der Waals surface area contributed by atoms with Crippen LogP contribution in [-0.4, -0.2) is 0 Å². The van der Waals surface area contributed by atoms with Crippen LogP contribution in [0.1, 0.15) is 27.8 Å². The van der Waals surface area contributed by atoms with E-state index in [2.05, 4.69) is 62.4 Å². The van der Waals surface area contributed by atoms with Gasteiger partial charge in [-0.2, -0.15) is 0 Å². The molecule has 0 fully saturated rings. The van der Waals surface area contributed by atoms with Crippen LogP contribution in [0.2, 0.25) is 5.02 Å². The fourth-order valence-electron chi connectivity index (χ4n) is 2.85. The van der Waals surface area contributed by atoms with Gasteiger partial charge in [-0.25, -0.2) is 0 Å². The molecule has 0 aliphatic carbocycles. The number of aryl methyl sites for hydroxylation is 2.